The molecule has 0 aliphatic carbocycles. The van der Waals surface area contributed by atoms with Gasteiger partial charge < -0.3 is 5.73 Å². The summed E-state index contributed by atoms with van der Waals surface area (Å²) < 4.78 is 0.837. The molecule has 0 aliphatic rings. The van der Waals surface area contributed by atoms with Gasteiger partial charge in [0, 0.05) is 0 Å². The SMILES string of the molecule is N#Cc1[nH+]cc(Br)cc1N. The molecule has 4 heteroatoms. The fraction of sp³-hybridized carbons (Fsp3) is 0. The molecule has 0 saturated heterocycles. The standard InChI is InChI=1S/C6H4BrN3/c7-4-1-5(9)6(2-8)10-3-4/h1,3H,9H2/p+1. The number of nitrogen functional groups attached to an aromatic ring is 1. The second-order valence-electron chi connectivity index (χ2n) is 1.76. The average Bonchev–Trinajstić information content (AvgIpc) is 1.88. The normalized spacial score (nSPS) is 8.80. The summed E-state index contributed by atoms with van der Waals surface area (Å²) in [6, 6.07) is 3.60. The molecule has 0 atom stereocenters. The molecule has 0 unspecified atom stereocenters. The van der Waals surface area contributed by atoms with Crippen LogP contribution in [-0.4, -0.2) is 0 Å². The molecule has 0 spiro atoms. The Balaban J connectivity index is 3.23. The maximum Gasteiger partial charge on any atom is 0.304 e. The fourth-order valence-corrected chi connectivity index (χ4v) is 0.945. The minimum absolute atomic E-state index is 0.392. The van der Waals surface area contributed by atoms with Crippen molar-refractivity contribution in [2.75, 3.05) is 5.73 Å². The topological polar surface area (TPSA) is 64.0 Å². The first-order valence-corrected chi connectivity index (χ1v) is 3.40. The summed E-state index contributed by atoms with van der Waals surface area (Å²) in [5.74, 6) is 0. The van der Waals surface area contributed by atoms with E-state index in [1.165, 1.54) is 0 Å². The lowest BCUT2D eigenvalue weighted by atomic mass is 10.3. The molecule has 0 bridgehead atoms. The molecule has 10 heavy (non-hydrogen) atoms. The van der Waals surface area contributed by atoms with Gasteiger partial charge >= 0.3 is 5.69 Å². The zero-order valence-corrected chi connectivity index (χ0v) is 6.64. The third-order valence-electron chi connectivity index (χ3n) is 1.05. The van der Waals surface area contributed by atoms with Crippen molar-refractivity contribution in [3.05, 3.63) is 22.4 Å². The van der Waals surface area contributed by atoms with E-state index >= 15 is 0 Å². The summed E-state index contributed by atoms with van der Waals surface area (Å²) >= 11 is 3.20. The van der Waals surface area contributed by atoms with Crippen LogP contribution in [0.1, 0.15) is 5.69 Å². The molecule has 0 aromatic carbocycles. The van der Waals surface area contributed by atoms with E-state index in [0.717, 1.165) is 4.47 Å². The number of nitrogens with zero attached hydrogens (tertiary/aromatic N) is 1. The molecule has 1 aromatic heterocycles. The summed E-state index contributed by atoms with van der Waals surface area (Å²) in [5.41, 5.74) is 6.30. The zero-order chi connectivity index (χ0) is 7.56. The largest absolute Gasteiger partial charge is 0.393 e. The van der Waals surface area contributed by atoms with Crippen LogP contribution in [0.5, 0.6) is 0 Å². The van der Waals surface area contributed by atoms with E-state index in [0.29, 0.717) is 11.4 Å². The van der Waals surface area contributed by atoms with E-state index in [-0.39, 0.29) is 0 Å². The minimum Gasteiger partial charge on any atom is -0.393 e. The Morgan fingerprint density at radius 2 is 2.40 bits per heavy atom. The van der Waals surface area contributed by atoms with Gasteiger partial charge in [-0.2, -0.15) is 10.2 Å². The highest BCUT2D eigenvalue weighted by Gasteiger charge is 2.04. The number of H-pyrrole nitrogens is 1. The van der Waals surface area contributed by atoms with Crippen molar-refractivity contribution in [3.63, 3.8) is 0 Å². The number of hydrogen-bond acceptors (Lipinski definition) is 2. The molecule has 50 valence electrons. The Morgan fingerprint density at radius 3 is 2.90 bits per heavy atom. The summed E-state index contributed by atoms with van der Waals surface area (Å²) in [6.07, 6.45) is 1.66. The molecule has 0 fully saturated rings. The summed E-state index contributed by atoms with van der Waals surface area (Å²) in [7, 11) is 0. The van der Waals surface area contributed by atoms with Crippen molar-refractivity contribution in [3.8, 4) is 6.07 Å². The lowest BCUT2D eigenvalue weighted by Crippen LogP contribution is -2.10. The van der Waals surface area contributed by atoms with Gasteiger partial charge in [0.2, 0.25) is 0 Å². The number of rotatable bonds is 0. The molecule has 3 N–H and O–H groups in total. The highest BCUT2D eigenvalue weighted by atomic mass is 79.9. The summed E-state index contributed by atoms with van der Waals surface area (Å²) in [6.45, 7) is 0. The van der Waals surface area contributed by atoms with Crippen molar-refractivity contribution >= 4 is 21.6 Å². The molecule has 0 aliphatic heterocycles. The molecule has 0 saturated carbocycles. The van der Waals surface area contributed by atoms with E-state index in [1.807, 2.05) is 6.07 Å². The van der Waals surface area contributed by atoms with Crippen LogP contribution < -0.4 is 10.7 Å². The van der Waals surface area contributed by atoms with Crippen molar-refractivity contribution in [2.24, 2.45) is 0 Å². The smallest absolute Gasteiger partial charge is 0.304 e. The van der Waals surface area contributed by atoms with Crippen molar-refractivity contribution in [1.82, 2.24) is 0 Å². The van der Waals surface area contributed by atoms with E-state index in [4.69, 9.17) is 11.0 Å². The first-order valence-electron chi connectivity index (χ1n) is 2.61. The highest BCUT2D eigenvalue weighted by molar-refractivity contribution is 9.10. The van der Waals surface area contributed by atoms with Crippen LogP contribution in [0, 0.1) is 11.3 Å². The Morgan fingerprint density at radius 1 is 1.70 bits per heavy atom. The van der Waals surface area contributed by atoms with Gasteiger partial charge in [-0.1, -0.05) is 0 Å². The molecule has 3 nitrogen and oxygen atoms in total. The molecular formula is C6H5BrN3+. The summed E-state index contributed by atoms with van der Waals surface area (Å²) in [4.78, 5) is 2.72. The number of hydrogen-bond donors (Lipinski definition) is 1. The van der Waals surface area contributed by atoms with E-state index in [1.54, 1.807) is 12.3 Å². The van der Waals surface area contributed by atoms with Crippen LogP contribution in [0.3, 0.4) is 0 Å². The predicted molar refractivity (Wildman–Crippen MR) is 39.8 cm³/mol. The maximum absolute atomic E-state index is 8.43. The summed E-state index contributed by atoms with van der Waals surface area (Å²) in [5, 5.41) is 8.43. The highest BCUT2D eigenvalue weighted by Crippen LogP contribution is 2.11. The van der Waals surface area contributed by atoms with Crippen molar-refractivity contribution in [2.45, 2.75) is 0 Å². The first kappa shape index (κ1) is 7.03. The van der Waals surface area contributed by atoms with Gasteiger partial charge in [-0.15, -0.1) is 0 Å². The third kappa shape index (κ3) is 1.25. The van der Waals surface area contributed by atoms with Gasteiger partial charge in [-0.05, 0) is 22.0 Å². The van der Waals surface area contributed by atoms with Crippen LogP contribution in [-0.2, 0) is 0 Å². The number of pyridine rings is 1. The van der Waals surface area contributed by atoms with Gasteiger partial charge in [-0.3, -0.25) is 0 Å². The van der Waals surface area contributed by atoms with E-state index in [9.17, 15) is 0 Å². The number of nitrogens with two attached hydrogens (primary N) is 1. The number of nitrogens with one attached hydrogen (secondary N) is 1. The van der Waals surface area contributed by atoms with Crippen LogP contribution in [0.2, 0.25) is 0 Å². The molecule has 1 aromatic rings. The molecule has 1 heterocycles. The number of aromatic nitrogens is 1. The van der Waals surface area contributed by atoms with Crippen LogP contribution in [0.25, 0.3) is 0 Å². The maximum atomic E-state index is 8.43. The first-order chi connectivity index (χ1) is 4.74. The molecule has 0 radical (unpaired) electrons. The predicted octanol–water partition coefficient (Wildman–Crippen LogP) is 0.717. The average molecular weight is 199 g/mol. The number of anilines is 1. The number of nitriles is 1. The van der Waals surface area contributed by atoms with Gasteiger partial charge in [0.25, 0.3) is 0 Å². The zero-order valence-electron chi connectivity index (χ0n) is 5.06. The number of halogens is 1. The second kappa shape index (κ2) is 2.67. The third-order valence-corrected chi connectivity index (χ3v) is 1.51. The van der Waals surface area contributed by atoms with E-state index in [2.05, 4.69) is 20.9 Å². The van der Waals surface area contributed by atoms with E-state index < -0.39 is 0 Å². The van der Waals surface area contributed by atoms with Crippen LogP contribution in [0.4, 0.5) is 5.69 Å². The van der Waals surface area contributed by atoms with Crippen LogP contribution in [0.15, 0.2) is 16.7 Å². The number of aromatic amines is 1. The quantitative estimate of drug-likeness (QED) is 0.668. The van der Waals surface area contributed by atoms with Crippen LogP contribution >= 0.6 is 15.9 Å². The molecular weight excluding hydrogens is 194 g/mol. The lowest BCUT2D eigenvalue weighted by molar-refractivity contribution is -0.381. The Kier molecular flexibility index (Phi) is 1.88. The van der Waals surface area contributed by atoms with Gasteiger partial charge in [0.05, 0.1) is 4.47 Å². The van der Waals surface area contributed by atoms with Crippen molar-refractivity contribution in [1.29, 1.82) is 5.26 Å². The van der Waals surface area contributed by atoms with Gasteiger partial charge in [0.15, 0.2) is 12.3 Å². The fourth-order valence-electron chi connectivity index (χ4n) is 0.584. The minimum atomic E-state index is 0.392. The lowest BCUT2D eigenvalue weighted by Gasteiger charge is -1.88. The van der Waals surface area contributed by atoms with Crippen molar-refractivity contribution < 1.29 is 4.98 Å². The van der Waals surface area contributed by atoms with Gasteiger partial charge in [-0.25, -0.2) is 0 Å². The second-order valence-corrected chi connectivity index (χ2v) is 2.68. The Hall–Kier alpha value is -1.08. The Bertz CT molecular complexity index is 290. The molecule has 0 amide bonds. The van der Waals surface area contributed by atoms with Gasteiger partial charge in [0.1, 0.15) is 5.69 Å². The Labute approximate surface area is 66.6 Å². The monoisotopic (exact) mass is 198 g/mol. The molecule has 1 rings (SSSR count).